The zero-order valence-electron chi connectivity index (χ0n) is 12.1. The lowest BCUT2D eigenvalue weighted by molar-refractivity contribution is -0.131. The van der Waals surface area contributed by atoms with Gasteiger partial charge in [0.05, 0.1) is 0 Å². The smallest absolute Gasteiger partial charge is 0.246 e. The first-order valence-corrected chi connectivity index (χ1v) is 6.93. The molecule has 0 atom stereocenters. The van der Waals surface area contributed by atoms with Crippen molar-refractivity contribution in [3.8, 4) is 0 Å². The third kappa shape index (κ3) is 5.90. The number of carbonyl (C=O) groups is 1. The summed E-state index contributed by atoms with van der Waals surface area (Å²) in [4.78, 5) is 13.9. The lowest BCUT2D eigenvalue weighted by Gasteiger charge is -2.38. The van der Waals surface area contributed by atoms with E-state index in [4.69, 9.17) is 0 Å². The van der Waals surface area contributed by atoms with Crippen LogP contribution in [0.25, 0.3) is 0 Å². The summed E-state index contributed by atoms with van der Waals surface area (Å²) < 4.78 is 0. The normalized spacial score (nSPS) is 11.3. The van der Waals surface area contributed by atoms with Crippen molar-refractivity contribution in [3.63, 3.8) is 0 Å². The number of unbranched alkanes of at least 4 members (excludes halogenated alkanes) is 3. The summed E-state index contributed by atoms with van der Waals surface area (Å²) in [5.41, 5.74) is -0.0466. The van der Waals surface area contributed by atoms with E-state index in [0.717, 1.165) is 19.4 Å². The van der Waals surface area contributed by atoms with E-state index in [2.05, 4.69) is 34.3 Å². The van der Waals surface area contributed by atoms with Crippen LogP contribution in [0.2, 0.25) is 0 Å². The maximum atomic E-state index is 11.9. The molecule has 100 valence electrons. The van der Waals surface area contributed by atoms with Crippen LogP contribution in [-0.4, -0.2) is 22.9 Å². The second kappa shape index (κ2) is 8.32. The van der Waals surface area contributed by atoms with Gasteiger partial charge in [-0.05, 0) is 32.8 Å². The standard InChI is InChI=1S/C15H29NO/c1-6-9-11-13-16(14(17)8-3)15(4,5)12-10-7-2/h8H,3,6-7,9-13H2,1-2,4-5H3. The van der Waals surface area contributed by atoms with Gasteiger partial charge in [0, 0.05) is 12.1 Å². The van der Waals surface area contributed by atoms with E-state index in [9.17, 15) is 4.79 Å². The summed E-state index contributed by atoms with van der Waals surface area (Å²) in [5.74, 6) is 0.0715. The first-order valence-electron chi connectivity index (χ1n) is 6.93. The minimum atomic E-state index is -0.0466. The van der Waals surface area contributed by atoms with E-state index in [-0.39, 0.29) is 11.4 Å². The molecule has 0 saturated heterocycles. The van der Waals surface area contributed by atoms with E-state index in [1.54, 1.807) is 0 Å². The van der Waals surface area contributed by atoms with Crippen molar-refractivity contribution in [3.05, 3.63) is 12.7 Å². The second-order valence-corrected chi connectivity index (χ2v) is 5.32. The Morgan fingerprint density at radius 2 is 1.76 bits per heavy atom. The molecule has 0 rings (SSSR count). The lowest BCUT2D eigenvalue weighted by atomic mass is 9.94. The molecule has 0 aliphatic heterocycles. The van der Waals surface area contributed by atoms with E-state index in [1.807, 2.05) is 4.90 Å². The molecule has 0 heterocycles. The maximum Gasteiger partial charge on any atom is 0.246 e. The summed E-state index contributed by atoms with van der Waals surface area (Å²) in [6.07, 6.45) is 8.31. The van der Waals surface area contributed by atoms with Crippen molar-refractivity contribution in [1.82, 2.24) is 4.90 Å². The molecule has 0 bridgehead atoms. The highest BCUT2D eigenvalue weighted by Gasteiger charge is 2.28. The Morgan fingerprint density at radius 1 is 1.18 bits per heavy atom. The zero-order chi connectivity index (χ0) is 13.3. The molecule has 0 radical (unpaired) electrons. The first kappa shape index (κ1) is 16.2. The molecule has 0 aromatic heterocycles. The van der Waals surface area contributed by atoms with Crippen LogP contribution in [0.4, 0.5) is 0 Å². The van der Waals surface area contributed by atoms with Gasteiger partial charge in [0.25, 0.3) is 0 Å². The number of nitrogens with zero attached hydrogens (tertiary/aromatic N) is 1. The summed E-state index contributed by atoms with van der Waals surface area (Å²) in [6.45, 7) is 13.2. The predicted molar refractivity (Wildman–Crippen MR) is 75.0 cm³/mol. The topological polar surface area (TPSA) is 20.3 Å². The highest BCUT2D eigenvalue weighted by molar-refractivity contribution is 5.87. The van der Waals surface area contributed by atoms with Crippen LogP contribution in [0.5, 0.6) is 0 Å². The molecule has 0 aromatic rings. The van der Waals surface area contributed by atoms with Crippen LogP contribution in [0.3, 0.4) is 0 Å². The molecule has 2 nitrogen and oxygen atoms in total. The van der Waals surface area contributed by atoms with E-state index in [1.165, 1.54) is 31.8 Å². The molecule has 0 saturated carbocycles. The van der Waals surface area contributed by atoms with Crippen LogP contribution in [-0.2, 0) is 4.79 Å². The van der Waals surface area contributed by atoms with Gasteiger partial charge in [-0.3, -0.25) is 4.79 Å². The third-order valence-electron chi connectivity index (χ3n) is 3.30. The molecular formula is C15H29NO. The van der Waals surface area contributed by atoms with Crippen molar-refractivity contribution in [1.29, 1.82) is 0 Å². The average molecular weight is 239 g/mol. The number of rotatable bonds is 9. The molecule has 0 aliphatic rings. The Bertz CT molecular complexity index is 233. The fourth-order valence-electron chi connectivity index (χ4n) is 2.09. The van der Waals surface area contributed by atoms with Gasteiger partial charge in [0.1, 0.15) is 0 Å². The van der Waals surface area contributed by atoms with Gasteiger partial charge in [-0.25, -0.2) is 0 Å². The predicted octanol–water partition coefficient (Wildman–Crippen LogP) is 4.16. The molecule has 0 aliphatic carbocycles. The minimum Gasteiger partial charge on any atom is -0.334 e. The Labute approximate surface area is 107 Å². The molecule has 0 N–H and O–H groups in total. The Balaban J connectivity index is 4.53. The summed E-state index contributed by atoms with van der Waals surface area (Å²) in [5, 5.41) is 0. The largest absolute Gasteiger partial charge is 0.334 e. The van der Waals surface area contributed by atoms with Crippen LogP contribution >= 0.6 is 0 Å². The SMILES string of the molecule is C=CC(=O)N(CCCCC)C(C)(C)CCCC. The second-order valence-electron chi connectivity index (χ2n) is 5.32. The number of hydrogen-bond donors (Lipinski definition) is 0. The molecule has 0 spiro atoms. The fraction of sp³-hybridized carbons (Fsp3) is 0.800. The Morgan fingerprint density at radius 3 is 2.24 bits per heavy atom. The van der Waals surface area contributed by atoms with Crippen molar-refractivity contribution in [2.24, 2.45) is 0 Å². The highest BCUT2D eigenvalue weighted by Crippen LogP contribution is 2.22. The van der Waals surface area contributed by atoms with E-state index < -0.39 is 0 Å². The zero-order valence-corrected chi connectivity index (χ0v) is 12.1. The molecule has 17 heavy (non-hydrogen) atoms. The average Bonchev–Trinajstić information content (AvgIpc) is 2.31. The molecule has 0 unspecified atom stereocenters. The fourth-order valence-corrected chi connectivity index (χ4v) is 2.09. The minimum absolute atomic E-state index is 0.0466. The monoisotopic (exact) mass is 239 g/mol. The van der Waals surface area contributed by atoms with Gasteiger partial charge in [0.2, 0.25) is 5.91 Å². The number of hydrogen-bond acceptors (Lipinski definition) is 1. The highest BCUT2D eigenvalue weighted by atomic mass is 16.2. The number of amides is 1. The quantitative estimate of drug-likeness (QED) is 0.437. The van der Waals surface area contributed by atoms with Gasteiger partial charge in [0.15, 0.2) is 0 Å². The van der Waals surface area contributed by atoms with Crippen LogP contribution < -0.4 is 0 Å². The lowest BCUT2D eigenvalue weighted by Crippen LogP contribution is -2.47. The van der Waals surface area contributed by atoms with Crippen molar-refractivity contribution in [2.45, 2.75) is 71.8 Å². The van der Waals surface area contributed by atoms with Crippen LogP contribution in [0, 0.1) is 0 Å². The first-order chi connectivity index (χ1) is 7.99. The van der Waals surface area contributed by atoms with E-state index in [0.29, 0.717) is 0 Å². The maximum absolute atomic E-state index is 11.9. The molecule has 2 heteroatoms. The van der Waals surface area contributed by atoms with Crippen LogP contribution in [0.1, 0.15) is 66.2 Å². The molecule has 0 aromatic carbocycles. The molecular weight excluding hydrogens is 210 g/mol. The molecule has 1 amide bonds. The summed E-state index contributed by atoms with van der Waals surface area (Å²) >= 11 is 0. The van der Waals surface area contributed by atoms with Gasteiger partial charge in [-0.15, -0.1) is 0 Å². The van der Waals surface area contributed by atoms with Gasteiger partial charge in [-0.2, -0.15) is 0 Å². The van der Waals surface area contributed by atoms with Crippen molar-refractivity contribution in [2.75, 3.05) is 6.54 Å². The number of carbonyl (C=O) groups excluding carboxylic acids is 1. The van der Waals surface area contributed by atoms with Crippen molar-refractivity contribution < 1.29 is 4.79 Å². The van der Waals surface area contributed by atoms with Crippen LogP contribution in [0.15, 0.2) is 12.7 Å². The van der Waals surface area contributed by atoms with Gasteiger partial charge >= 0.3 is 0 Å². The molecule has 0 fully saturated rings. The Kier molecular flexibility index (Phi) is 7.94. The Hall–Kier alpha value is -0.790. The summed E-state index contributed by atoms with van der Waals surface area (Å²) in [6, 6.07) is 0. The van der Waals surface area contributed by atoms with Gasteiger partial charge < -0.3 is 4.90 Å². The third-order valence-corrected chi connectivity index (χ3v) is 3.30. The van der Waals surface area contributed by atoms with Crippen molar-refractivity contribution >= 4 is 5.91 Å². The van der Waals surface area contributed by atoms with Gasteiger partial charge in [-0.1, -0.05) is 46.1 Å². The van der Waals surface area contributed by atoms with E-state index >= 15 is 0 Å². The summed E-state index contributed by atoms with van der Waals surface area (Å²) in [7, 11) is 0.